The SMILES string of the molecule is C[C@H]1CC[C@H](C(=O)O)[C@@H](C)C1. The summed E-state index contributed by atoms with van der Waals surface area (Å²) in [6.45, 7) is 4.25. The van der Waals surface area contributed by atoms with Crippen molar-refractivity contribution in [3.8, 4) is 0 Å². The molecule has 0 aromatic rings. The van der Waals surface area contributed by atoms with Crippen LogP contribution in [0.1, 0.15) is 33.1 Å². The van der Waals surface area contributed by atoms with Crippen LogP contribution in [0.2, 0.25) is 0 Å². The molecule has 2 heteroatoms. The Labute approximate surface area is 67.6 Å². The van der Waals surface area contributed by atoms with Crippen molar-refractivity contribution in [1.29, 1.82) is 0 Å². The highest BCUT2D eigenvalue weighted by Crippen LogP contribution is 2.33. The van der Waals surface area contributed by atoms with Gasteiger partial charge in [-0.15, -0.1) is 0 Å². The van der Waals surface area contributed by atoms with E-state index < -0.39 is 5.97 Å². The first-order chi connectivity index (χ1) is 5.11. The Kier molecular flexibility index (Phi) is 2.53. The van der Waals surface area contributed by atoms with Crippen molar-refractivity contribution in [2.75, 3.05) is 0 Å². The van der Waals surface area contributed by atoms with E-state index in [-0.39, 0.29) is 5.92 Å². The fraction of sp³-hybridized carbons (Fsp3) is 0.889. The summed E-state index contributed by atoms with van der Waals surface area (Å²) in [5.74, 6) is 0.410. The molecule has 1 saturated carbocycles. The van der Waals surface area contributed by atoms with Gasteiger partial charge < -0.3 is 5.11 Å². The van der Waals surface area contributed by atoms with Gasteiger partial charge in [-0.1, -0.05) is 13.8 Å². The summed E-state index contributed by atoms with van der Waals surface area (Å²) in [6, 6.07) is 0. The van der Waals surface area contributed by atoms with Crippen molar-refractivity contribution in [1.82, 2.24) is 0 Å². The van der Waals surface area contributed by atoms with Gasteiger partial charge in [-0.05, 0) is 31.1 Å². The summed E-state index contributed by atoms with van der Waals surface area (Å²) in [4.78, 5) is 10.7. The van der Waals surface area contributed by atoms with Gasteiger partial charge in [0.05, 0.1) is 5.92 Å². The highest BCUT2D eigenvalue weighted by Gasteiger charge is 2.30. The van der Waals surface area contributed by atoms with Crippen LogP contribution in [0.3, 0.4) is 0 Å². The van der Waals surface area contributed by atoms with Crippen molar-refractivity contribution < 1.29 is 9.90 Å². The first-order valence-corrected chi connectivity index (χ1v) is 4.34. The lowest BCUT2D eigenvalue weighted by molar-refractivity contribution is -0.145. The van der Waals surface area contributed by atoms with E-state index in [2.05, 4.69) is 13.8 Å². The van der Waals surface area contributed by atoms with Gasteiger partial charge in [-0.2, -0.15) is 0 Å². The second kappa shape index (κ2) is 3.24. The summed E-state index contributed by atoms with van der Waals surface area (Å²) >= 11 is 0. The number of hydrogen-bond donors (Lipinski definition) is 1. The summed E-state index contributed by atoms with van der Waals surface area (Å²) in [7, 11) is 0. The minimum atomic E-state index is -0.607. The maximum atomic E-state index is 10.7. The number of aliphatic carboxylic acids is 1. The molecular weight excluding hydrogens is 140 g/mol. The third kappa shape index (κ3) is 1.95. The van der Waals surface area contributed by atoms with E-state index in [0.717, 1.165) is 25.2 Å². The standard InChI is InChI=1S/C9H16O2/c1-6-3-4-8(9(10)11)7(2)5-6/h6-8H,3-5H2,1-2H3,(H,10,11)/t6-,7-,8-/m0/s1. The van der Waals surface area contributed by atoms with E-state index in [4.69, 9.17) is 5.11 Å². The third-order valence-corrected chi connectivity index (χ3v) is 2.75. The number of hydrogen-bond acceptors (Lipinski definition) is 1. The van der Waals surface area contributed by atoms with Crippen LogP contribution in [0, 0.1) is 17.8 Å². The lowest BCUT2D eigenvalue weighted by Gasteiger charge is -2.29. The maximum absolute atomic E-state index is 10.7. The van der Waals surface area contributed by atoms with E-state index in [1.807, 2.05) is 0 Å². The molecule has 0 aromatic heterocycles. The molecule has 2 nitrogen and oxygen atoms in total. The van der Waals surface area contributed by atoms with E-state index in [9.17, 15) is 4.79 Å². The van der Waals surface area contributed by atoms with Gasteiger partial charge in [0.25, 0.3) is 0 Å². The molecule has 0 saturated heterocycles. The molecule has 0 unspecified atom stereocenters. The third-order valence-electron chi connectivity index (χ3n) is 2.75. The molecule has 0 spiro atoms. The predicted octanol–water partition coefficient (Wildman–Crippen LogP) is 2.14. The molecular formula is C9H16O2. The van der Waals surface area contributed by atoms with Gasteiger partial charge in [-0.3, -0.25) is 4.79 Å². The van der Waals surface area contributed by atoms with Crippen LogP contribution in [0.4, 0.5) is 0 Å². The van der Waals surface area contributed by atoms with E-state index >= 15 is 0 Å². The molecule has 64 valence electrons. The van der Waals surface area contributed by atoms with Crippen molar-refractivity contribution >= 4 is 5.97 Å². The normalized spacial score (nSPS) is 38.5. The zero-order valence-electron chi connectivity index (χ0n) is 7.21. The zero-order chi connectivity index (χ0) is 8.43. The highest BCUT2D eigenvalue weighted by atomic mass is 16.4. The number of carboxylic acids is 1. The molecule has 3 atom stereocenters. The summed E-state index contributed by atoms with van der Waals surface area (Å²) < 4.78 is 0. The molecule has 1 rings (SSSR count). The number of carboxylic acid groups (broad SMARTS) is 1. The topological polar surface area (TPSA) is 37.3 Å². The predicted molar refractivity (Wildman–Crippen MR) is 43.3 cm³/mol. The minimum absolute atomic E-state index is 0.0776. The Bertz CT molecular complexity index is 154. The number of carbonyl (C=O) groups is 1. The maximum Gasteiger partial charge on any atom is 0.306 e. The van der Waals surface area contributed by atoms with Crippen LogP contribution < -0.4 is 0 Å². The monoisotopic (exact) mass is 156 g/mol. The average molecular weight is 156 g/mol. The van der Waals surface area contributed by atoms with E-state index in [1.165, 1.54) is 0 Å². The Morgan fingerprint density at radius 3 is 2.45 bits per heavy atom. The molecule has 0 aromatic carbocycles. The van der Waals surface area contributed by atoms with Gasteiger partial charge in [-0.25, -0.2) is 0 Å². The summed E-state index contributed by atoms with van der Waals surface area (Å²) in [5, 5.41) is 8.79. The Morgan fingerprint density at radius 2 is 2.00 bits per heavy atom. The molecule has 1 N–H and O–H groups in total. The van der Waals surface area contributed by atoms with Gasteiger partial charge in [0.1, 0.15) is 0 Å². The first-order valence-electron chi connectivity index (χ1n) is 4.34. The van der Waals surface area contributed by atoms with Crippen molar-refractivity contribution in [2.24, 2.45) is 17.8 Å². The molecule has 11 heavy (non-hydrogen) atoms. The van der Waals surface area contributed by atoms with Crippen LogP contribution in [-0.4, -0.2) is 11.1 Å². The fourth-order valence-electron chi connectivity index (χ4n) is 2.03. The Morgan fingerprint density at radius 1 is 1.36 bits per heavy atom. The second-order valence-corrected chi connectivity index (χ2v) is 3.84. The molecule has 1 fully saturated rings. The zero-order valence-corrected chi connectivity index (χ0v) is 7.21. The molecule has 0 amide bonds. The quantitative estimate of drug-likeness (QED) is 0.631. The van der Waals surface area contributed by atoms with Crippen LogP contribution in [-0.2, 0) is 4.79 Å². The van der Waals surface area contributed by atoms with Gasteiger partial charge >= 0.3 is 5.97 Å². The second-order valence-electron chi connectivity index (χ2n) is 3.84. The fourth-order valence-corrected chi connectivity index (χ4v) is 2.03. The van der Waals surface area contributed by atoms with Crippen molar-refractivity contribution in [3.63, 3.8) is 0 Å². The van der Waals surface area contributed by atoms with Crippen LogP contribution in [0.25, 0.3) is 0 Å². The van der Waals surface area contributed by atoms with Crippen molar-refractivity contribution in [3.05, 3.63) is 0 Å². The van der Waals surface area contributed by atoms with Gasteiger partial charge in [0.2, 0.25) is 0 Å². The number of rotatable bonds is 1. The largest absolute Gasteiger partial charge is 0.481 e. The van der Waals surface area contributed by atoms with Crippen molar-refractivity contribution in [2.45, 2.75) is 33.1 Å². The lowest BCUT2D eigenvalue weighted by atomic mass is 9.76. The smallest absolute Gasteiger partial charge is 0.306 e. The first kappa shape index (κ1) is 8.57. The minimum Gasteiger partial charge on any atom is -0.481 e. The molecule has 0 aliphatic heterocycles. The molecule has 1 aliphatic rings. The summed E-state index contributed by atoms with van der Waals surface area (Å²) in [5.41, 5.74) is 0. The van der Waals surface area contributed by atoms with Crippen LogP contribution in [0.15, 0.2) is 0 Å². The molecule has 0 heterocycles. The highest BCUT2D eigenvalue weighted by molar-refractivity contribution is 5.70. The van der Waals surface area contributed by atoms with E-state index in [0.29, 0.717) is 5.92 Å². The van der Waals surface area contributed by atoms with Gasteiger partial charge in [0.15, 0.2) is 0 Å². The average Bonchev–Trinajstić information content (AvgIpc) is 1.85. The van der Waals surface area contributed by atoms with Gasteiger partial charge in [0, 0.05) is 0 Å². The van der Waals surface area contributed by atoms with Crippen LogP contribution in [0.5, 0.6) is 0 Å². The molecule has 1 aliphatic carbocycles. The molecule has 0 bridgehead atoms. The lowest BCUT2D eigenvalue weighted by Crippen LogP contribution is -2.27. The Balaban J connectivity index is 2.50. The van der Waals surface area contributed by atoms with Crippen LogP contribution >= 0.6 is 0 Å². The van der Waals surface area contributed by atoms with E-state index in [1.54, 1.807) is 0 Å². The Hall–Kier alpha value is -0.530. The molecule has 0 radical (unpaired) electrons. The summed E-state index contributed by atoms with van der Waals surface area (Å²) in [6.07, 6.45) is 3.04.